The van der Waals surface area contributed by atoms with Crippen molar-refractivity contribution < 1.29 is 0 Å². The first kappa shape index (κ1) is 15.4. The molecule has 1 aromatic carbocycles. The molecule has 4 nitrogen and oxygen atoms in total. The van der Waals surface area contributed by atoms with Crippen LogP contribution in [0, 0.1) is 6.92 Å². The van der Waals surface area contributed by atoms with Gasteiger partial charge in [0, 0.05) is 11.8 Å². The second-order valence-corrected chi connectivity index (χ2v) is 6.38. The van der Waals surface area contributed by atoms with Gasteiger partial charge in [-0.1, -0.05) is 26.0 Å². The quantitative estimate of drug-likeness (QED) is 0.943. The van der Waals surface area contributed by atoms with Gasteiger partial charge in [0.15, 0.2) is 0 Å². The highest BCUT2D eigenvalue weighted by Gasteiger charge is 2.21. The first-order chi connectivity index (χ1) is 9.70. The number of benzene rings is 1. The monoisotopic (exact) mass is 285 g/mol. The van der Waals surface area contributed by atoms with Gasteiger partial charge in [-0.2, -0.15) is 5.10 Å². The molecule has 0 bridgehead atoms. The largest absolute Gasteiger partial charge is 0.320 e. The zero-order valence-corrected chi connectivity index (χ0v) is 13.3. The first-order valence-corrected chi connectivity index (χ1v) is 7.21. The molecule has 1 heterocycles. The number of hydrogen-bond donors (Lipinski definition) is 1. The molecule has 0 atom stereocenters. The van der Waals surface area contributed by atoms with Gasteiger partial charge >= 0.3 is 0 Å². The van der Waals surface area contributed by atoms with Crippen LogP contribution in [0.3, 0.4) is 0 Å². The molecule has 0 amide bonds. The smallest absolute Gasteiger partial charge is 0.205 e. The van der Waals surface area contributed by atoms with Crippen molar-refractivity contribution in [2.75, 3.05) is 0 Å². The third kappa shape index (κ3) is 3.22. The first-order valence-electron chi connectivity index (χ1n) is 7.21. The van der Waals surface area contributed by atoms with Crippen molar-refractivity contribution in [2.24, 2.45) is 5.73 Å². The van der Waals surface area contributed by atoms with Crippen LogP contribution in [-0.4, -0.2) is 9.78 Å². The molecule has 0 aliphatic heterocycles. The zero-order valence-electron chi connectivity index (χ0n) is 13.3. The Kier molecular flexibility index (Phi) is 4.01. The van der Waals surface area contributed by atoms with Gasteiger partial charge < -0.3 is 5.73 Å². The number of nitrogens with zero attached hydrogens (tertiary/aromatic N) is 2. The van der Waals surface area contributed by atoms with Gasteiger partial charge in [0.2, 0.25) is 5.43 Å². The molecule has 0 radical (unpaired) electrons. The predicted octanol–water partition coefficient (Wildman–Crippen LogP) is 2.86. The van der Waals surface area contributed by atoms with Gasteiger partial charge in [0.25, 0.3) is 0 Å². The van der Waals surface area contributed by atoms with Crippen LogP contribution in [0.2, 0.25) is 0 Å². The lowest BCUT2D eigenvalue weighted by Crippen LogP contribution is -2.37. The Morgan fingerprint density at radius 2 is 1.76 bits per heavy atom. The van der Waals surface area contributed by atoms with Crippen molar-refractivity contribution in [1.29, 1.82) is 0 Å². The van der Waals surface area contributed by atoms with E-state index in [9.17, 15) is 4.79 Å². The molecule has 0 aliphatic rings. The third-order valence-corrected chi connectivity index (χ3v) is 3.52. The van der Waals surface area contributed by atoms with E-state index in [1.54, 1.807) is 24.6 Å². The SMILES string of the molecule is Cc1cc(=O)c(C(C)(C)N)nn1-c1ccc(C(C)C)cc1. The van der Waals surface area contributed by atoms with Gasteiger partial charge in [0.05, 0.1) is 11.2 Å². The highest BCUT2D eigenvalue weighted by Crippen LogP contribution is 2.18. The van der Waals surface area contributed by atoms with Crippen LogP contribution in [0.25, 0.3) is 5.69 Å². The second-order valence-electron chi connectivity index (χ2n) is 6.38. The average Bonchev–Trinajstić information content (AvgIpc) is 2.37. The van der Waals surface area contributed by atoms with Crippen molar-refractivity contribution >= 4 is 0 Å². The molecule has 0 unspecified atom stereocenters. The molecule has 1 aromatic heterocycles. The van der Waals surface area contributed by atoms with Crippen LogP contribution in [0.5, 0.6) is 0 Å². The van der Waals surface area contributed by atoms with E-state index < -0.39 is 5.54 Å². The lowest BCUT2D eigenvalue weighted by molar-refractivity contribution is 0.510. The van der Waals surface area contributed by atoms with Crippen LogP contribution >= 0.6 is 0 Å². The van der Waals surface area contributed by atoms with Crippen LogP contribution in [-0.2, 0) is 5.54 Å². The fourth-order valence-electron chi connectivity index (χ4n) is 2.26. The van der Waals surface area contributed by atoms with Gasteiger partial charge in [-0.05, 0) is 44.4 Å². The lowest BCUT2D eigenvalue weighted by Gasteiger charge is -2.19. The summed E-state index contributed by atoms with van der Waals surface area (Å²) < 4.78 is 1.77. The normalized spacial score (nSPS) is 12.0. The van der Waals surface area contributed by atoms with Crippen molar-refractivity contribution in [3.05, 3.63) is 57.5 Å². The second kappa shape index (κ2) is 5.45. The van der Waals surface area contributed by atoms with Gasteiger partial charge in [-0.15, -0.1) is 0 Å². The maximum atomic E-state index is 12.1. The molecule has 0 aliphatic carbocycles. The van der Waals surface area contributed by atoms with Crippen LogP contribution in [0.1, 0.15) is 50.6 Å². The number of rotatable bonds is 3. The minimum Gasteiger partial charge on any atom is -0.320 e. The van der Waals surface area contributed by atoms with Crippen molar-refractivity contribution in [1.82, 2.24) is 9.78 Å². The Morgan fingerprint density at radius 1 is 1.19 bits per heavy atom. The molecule has 21 heavy (non-hydrogen) atoms. The van der Waals surface area contributed by atoms with Crippen LogP contribution in [0.15, 0.2) is 35.1 Å². The summed E-state index contributed by atoms with van der Waals surface area (Å²) in [6.45, 7) is 9.77. The molecule has 2 N–H and O–H groups in total. The summed E-state index contributed by atoms with van der Waals surface area (Å²) >= 11 is 0. The Balaban J connectivity index is 2.56. The zero-order chi connectivity index (χ0) is 15.8. The van der Waals surface area contributed by atoms with E-state index in [0.29, 0.717) is 11.6 Å². The number of nitrogens with two attached hydrogens (primary N) is 1. The van der Waals surface area contributed by atoms with Gasteiger partial charge in [-0.3, -0.25) is 4.79 Å². The van der Waals surface area contributed by atoms with Crippen molar-refractivity contribution in [2.45, 2.75) is 46.1 Å². The van der Waals surface area contributed by atoms with E-state index in [2.05, 4.69) is 31.1 Å². The maximum absolute atomic E-state index is 12.1. The highest BCUT2D eigenvalue weighted by atomic mass is 16.1. The van der Waals surface area contributed by atoms with E-state index in [1.807, 2.05) is 19.1 Å². The summed E-state index contributed by atoms with van der Waals surface area (Å²) in [6.07, 6.45) is 0. The standard InChI is InChI=1S/C17H23N3O/c1-11(2)13-6-8-14(9-7-13)20-12(3)10-15(21)16(19-20)17(4,5)18/h6-11H,18H2,1-5H3. The average molecular weight is 285 g/mol. The molecule has 2 aromatic rings. The number of aryl methyl sites for hydroxylation is 1. The molecule has 0 saturated heterocycles. The van der Waals surface area contributed by atoms with Crippen molar-refractivity contribution in [3.63, 3.8) is 0 Å². The van der Waals surface area contributed by atoms with E-state index in [0.717, 1.165) is 11.4 Å². The molecule has 0 fully saturated rings. The summed E-state index contributed by atoms with van der Waals surface area (Å²) in [5.74, 6) is 0.487. The number of aromatic nitrogens is 2. The summed E-state index contributed by atoms with van der Waals surface area (Å²) in [5.41, 5.74) is 8.55. The predicted molar refractivity (Wildman–Crippen MR) is 85.9 cm³/mol. The Labute approximate surface area is 125 Å². The summed E-state index contributed by atoms with van der Waals surface area (Å²) in [7, 11) is 0. The fraction of sp³-hybridized carbons (Fsp3) is 0.412. The maximum Gasteiger partial charge on any atom is 0.205 e. The topological polar surface area (TPSA) is 60.9 Å². The Hall–Kier alpha value is -1.94. The fourth-order valence-corrected chi connectivity index (χ4v) is 2.26. The molecule has 4 heteroatoms. The molecular weight excluding hydrogens is 262 g/mol. The number of hydrogen-bond acceptors (Lipinski definition) is 3. The van der Waals surface area contributed by atoms with Crippen LogP contribution < -0.4 is 11.2 Å². The van der Waals surface area contributed by atoms with Crippen LogP contribution in [0.4, 0.5) is 0 Å². The summed E-state index contributed by atoms with van der Waals surface area (Å²) in [5, 5.41) is 4.47. The van der Waals surface area contributed by atoms with E-state index in [4.69, 9.17) is 5.73 Å². The lowest BCUT2D eigenvalue weighted by atomic mass is 10.0. The van der Waals surface area contributed by atoms with E-state index in [1.165, 1.54) is 5.56 Å². The van der Waals surface area contributed by atoms with E-state index >= 15 is 0 Å². The molecule has 0 saturated carbocycles. The van der Waals surface area contributed by atoms with Gasteiger partial charge in [-0.25, -0.2) is 4.68 Å². The molecule has 2 rings (SSSR count). The third-order valence-electron chi connectivity index (χ3n) is 3.52. The summed E-state index contributed by atoms with van der Waals surface area (Å²) in [4.78, 5) is 12.1. The minimum absolute atomic E-state index is 0.116. The summed E-state index contributed by atoms with van der Waals surface area (Å²) in [6, 6.07) is 9.81. The molecular formula is C17H23N3O. The van der Waals surface area contributed by atoms with Crippen molar-refractivity contribution in [3.8, 4) is 5.69 Å². The minimum atomic E-state index is -0.760. The van der Waals surface area contributed by atoms with Gasteiger partial charge in [0.1, 0.15) is 5.69 Å². The molecule has 112 valence electrons. The Morgan fingerprint density at radius 3 is 2.24 bits per heavy atom. The Bertz CT molecular complexity index is 691. The van der Waals surface area contributed by atoms with E-state index in [-0.39, 0.29) is 5.43 Å². The molecule has 0 spiro atoms. The highest BCUT2D eigenvalue weighted by molar-refractivity contribution is 5.36.